The number of nitrogens with two attached hydrogens (primary N) is 1. The van der Waals surface area contributed by atoms with Gasteiger partial charge in [0.25, 0.3) is 5.91 Å². The standard InChI is InChI=1S/C21H25N7O/c1-5-7-24-20(29)14-9-12(10-15-13(14)6-8-23-15)17-16-18(22)25-11-26-19(16)28(27-17)21(2,3)4/h6,8-11,23H,5,7H2,1-4H3,(H,24,29)(H2,22,25,26). The van der Waals surface area contributed by atoms with Gasteiger partial charge in [-0.1, -0.05) is 6.92 Å². The van der Waals surface area contributed by atoms with E-state index >= 15 is 0 Å². The van der Waals surface area contributed by atoms with Gasteiger partial charge in [0, 0.05) is 34.8 Å². The number of H-pyrrole nitrogens is 1. The highest BCUT2D eigenvalue weighted by atomic mass is 16.1. The number of nitrogen functional groups attached to an aromatic ring is 1. The van der Waals surface area contributed by atoms with Gasteiger partial charge in [-0.2, -0.15) is 5.10 Å². The van der Waals surface area contributed by atoms with Gasteiger partial charge >= 0.3 is 0 Å². The van der Waals surface area contributed by atoms with Crippen molar-refractivity contribution in [2.75, 3.05) is 12.3 Å². The van der Waals surface area contributed by atoms with Crippen LogP contribution in [0.25, 0.3) is 33.2 Å². The monoisotopic (exact) mass is 391 g/mol. The zero-order valence-corrected chi connectivity index (χ0v) is 17.1. The Kier molecular flexibility index (Phi) is 4.49. The quantitative estimate of drug-likeness (QED) is 0.493. The van der Waals surface area contributed by atoms with E-state index in [2.05, 4.69) is 41.0 Å². The largest absolute Gasteiger partial charge is 0.383 e. The molecule has 0 aliphatic carbocycles. The second-order valence-electron chi connectivity index (χ2n) is 8.11. The van der Waals surface area contributed by atoms with E-state index < -0.39 is 0 Å². The average molecular weight is 391 g/mol. The van der Waals surface area contributed by atoms with E-state index in [1.807, 2.05) is 36.0 Å². The highest BCUT2D eigenvalue weighted by Crippen LogP contribution is 2.35. The maximum Gasteiger partial charge on any atom is 0.251 e. The lowest BCUT2D eigenvalue weighted by atomic mass is 10.0. The Morgan fingerprint density at radius 3 is 2.79 bits per heavy atom. The number of carbonyl (C=O) groups is 1. The van der Waals surface area contributed by atoms with Gasteiger partial charge in [-0.3, -0.25) is 4.79 Å². The minimum atomic E-state index is -0.296. The number of benzene rings is 1. The molecule has 4 rings (SSSR count). The molecule has 4 aromatic rings. The van der Waals surface area contributed by atoms with E-state index in [0.29, 0.717) is 34.7 Å². The summed E-state index contributed by atoms with van der Waals surface area (Å²) in [5.41, 5.74) is 9.50. The smallest absolute Gasteiger partial charge is 0.251 e. The fourth-order valence-electron chi connectivity index (χ4n) is 3.47. The summed E-state index contributed by atoms with van der Waals surface area (Å²) in [4.78, 5) is 24.6. The van der Waals surface area contributed by atoms with Gasteiger partial charge in [0.2, 0.25) is 0 Å². The number of amides is 1. The number of hydrogen-bond donors (Lipinski definition) is 3. The van der Waals surface area contributed by atoms with Crippen molar-refractivity contribution in [3.8, 4) is 11.3 Å². The maximum absolute atomic E-state index is 12.8. The molecule has 0 saturated carbocycles. The first kappa shape index (κ1) is 18.9. The summed E-state index contributed by atoms with van der Waals surface area (Å²) in [5, 5.41) is 9.35. The van der Waals surface area contributed by atoms with Crippen LogP contribution >= 0.6 is 0 Å². The molecule has 0 atom stereocenters. The number of nitrogens with zero attached hydrogens (tertiary/aromatic N) is 4. The van der Waals surface area contributed by atoms with Crippen LogP contribution < -0.4 is 11.1 Å². The first-order chi connectivity index (χ1) is 13.8. The van der Waals surface area contributed by atoms with Crippen LogP contribution in [-0.2, 0) is 5.54 Å². The third-order valence-electron chi connectivity index (χ3n) is 4.85. The summed E-state index contributed by atoms with van der Waals surface area (Å²) in [6.07, 6.45) is 4.15. The molecule has 0 fully saturated rings. The molecule has 3 heterocycles. The van der Waals surface area contributed by atoms with Gasteiger partial charge in [-0.15, -0.1) is 0 Å². The molecule has 1 amide bonds. The fraction of sp³-hybridized carbons (Fsp3) is 0.333. The zero-order chi connectivity index (χ0) is 20.8. The third-order valence-corrected chi connectivity index (χ3v) is 4.85. The Morgan fingerprint density at radius 2 is 2.07 bits per heavy atom. The molecule has 1 aromatic carbocycles. The number of anilines is 1. The van der Waals surface area contributed by atoms with Gasteiger partial charge in [-0.05, 0) is 45.4 Å². The maximum atomic E-state index is 12.8. The number of rotatable bonds is 4. The van der Waals surface area contributed by atoms with Crippen LogP contribution in [0.3, 0.4) is 0 Å². The highest BCUT2D eigenvalue weighted by molar-refractivity contribution is 6.09. The normalized spacial score (nSPS) is 12.0. The molecule has 3 aromatic heterocycles. The topological polar surface area (TPSA) is 115 Å². The van der Waals surface area contributed by atoms with Gasteiger partial charge in [0.05, 0.1) is 10.9 Å². The van der Waals surface area contributed by atoms with Crippen molar-refractivity contribution < 1.29 is 4.79 Å². The summed E-state index contributed by atoms with van der Waals surface area (Å²) in [6.45, 7) is 8.81. The molecule has 0 aliphatic heterocycles. The highest BCUT2D eigenvalue weighted by Gasteiger charge is 2.25. The van der Waals surface area contributed by atoms with Crippen LogP contribution in [0.1, 0.15) is 44.5 Å². The summed E-state index contributed by atoms with van der Waals surface area (Å²) in [6, 6.07) is 5.75. The Labute approximate surface area is 168 Å². The summed E-state index contributed by atoms with van der Waals surface area (Å²) >= 11 is 0. The molecular weight excluding hydrogens is 366 g/mol. The first-order valence-corrected chi connectivity index (χ1v) is 9.70. The van der Waals surface area contributed by atoms with E-state index in [1.165, 1.54) is 6.33 Å². The predicted octanol–water partition coefficient (Wildman–Crippen LogP) is 3.45. The van der Waals surface area contributed by atoms with Crippen LogP contribution in [0.4, 0.5) is 5.82 Å². The lowest BCUT2D eigenvalue weighted by Crippen LogP contribution is -2.24. The predicted molar refractivity (Wildman–Crippen MR) is 115 cm³/mol. The second-order valence-corrected chi connectivity index (χ2v) is 8.11. The Morgan fingerprint density at radius 1 is 1.28 bits per heavy atom. The number of aromatic nitrogens is 5. The van der Waals surface area contributed by atoms with E-state index in [1.54, 1.807) is 0 Å². The molecule has 4 N–H and O–H groups in total. The van der Waals surface area contributed by atoms with Crippen molar-refractivity contribution in [1.29, 1.82) is 0 Å². The van der Waals surface area contributed by atoms with Crippen molar-refractivity contribution in [1.82, 2.24) is 30.0 Å². The van der Waals surface area contributed by atoms with Crippen LogP contribution in [-0.4, -0.2) is 37.2 Å². The second kappa shape index (κ2) is 6.88. The Bertz CT molecular complexity index is 1210. The number of nitrogens with one attached hydrogen (secondary N) is 2. The lowest BCUT2D eigenvalue weighted by molar-refractivity contribution is 0.0955. The van der Waals surface area contributed by atoms with Crippen LogP contribution in [0, 0.1) is 0 Å². The van der Waals surface area contributed by atoms with E-state index in [4.69, 9.17) is 10.8 Å². The number of hydrogen-bond acceptors (Lipinski definition) is 5. The molecule has 0 saturated heterocycles. The molecule has 8 heteroatoms. The summed E-state index contributed by atoms with van der Waals surface area (Å²) < 4.78 is 1.85. The van der Waals surface area contributed by atoms with Gasteiger partial charge in [0.15, 0.2) is 5.65 Å². The van der Waals surface area contributed by atoms with E-state index in [0.717, 1.165) is 22.9 Å². The third kappa shape index (κ3) is 3.20. The van der Waals surface area contributed by atoms with Crippen molar-refractivity contribution in [2.45, 2.75) is 39.7 Å². The number of carbonyl (C=O) groups excluding carboxylic acids is 1. The fourth-order valence-corrected chi connectivity index (χ4v) is 3.47. The summed E-state index contributed by atoms with van der Waals surface area (Å²) in [5.74, 6) is 0.256. The summed E-state index contributed by atoms with van der Waals surface area (Å²) in [7, 11) is 0. The Hall–Kier alpha value is -3.42. The molecule has 0 unspecified atom stereocenters. The lowest BCUT2D eigenvalue weighted by Gasteiger charge is -2.19. The van der Waals surface area contributed by atoms with Crippen molar-refractivity contribution in [3.05, 3.63) is 36.3 Å². The van der Waals surface area contributed by atoms with Crippen molar-refractivity contribution in [3.63, 3.8) is 0 Å². The molecule has 150 valence electrons. The van der Waals surface area contributed by atoms with Crippen molar-refractivity contribution in [2.24, 2.45) is 0 Å². The number of fused-ring (bicyclic) bond motifs is 2. The van der Waals surface area contributed by atoms with Gasteiger partial charge < -0.3 is 16.0 Å². The van der Waals surface area contributed by atoms with Crippen LogP contribution in [0.2, 0.25) is 0 Å². The molecule has 29 heavy (non-hydrogen) atoms. The molecule has 0 aliphatic rings. The molecule has 0 bridgehead atoms. The first-order valence-electron chi connectivity index (χ1n) is 9.70. The molecule has 8 nitrogen and oxygen atoms in total. The van der Waals surface area contributed by atoms with Gasteiger partial charge in [0.1, 0.15) is 17.8 Å². The zero-order valence-electron chi connectivity index (χ0n) is 17.1. The van der Waals surface area contributed by atoms with Gasteiger partial charge in [-0.25, -0.2) is 14.6 Å². The van der Waals surface area contributed by atoms with E-state index in [-0.39, 0.29) is 11.4 Å². The Balaban J connectivity index is 1.98. The van der Waals surface area contributed by atoms with E-state index in [9.17, 15) is 4.79 Å². The molecule has 0 radical (unpaired) electrons. The van der Waals surface area contributed by atoms with Crippen LogP contribution in [0.5, 0.6) is 0 Å². The minimum absolute atomic E-state index is 0.109. The minimum Gasteiger partial charge on any atom is -0.383 e. The number of aromatic amines is 1. The average Bonchev–Trinajstić information content (AvgIpc) is 3.30. The SMILES string of the molecule is CCCNC(=O)c1cc(-c2nn(C(C)(C)C)c3ncnc(N)c23)cc2[nH]ccc12. The molecular formula is C21H25N7O. The van der Waals surface area contributed by atoms with Crippen LogP contribution in [0.15, 0.2) is 30.7 Å². The van der Waals surface area contributed by atoms with Crippen molar-refractivity contribution >= 4 is 33.7 Å². The molecule has 0 spiro atoms.